The highest BCUT2D eigenvalue weighted by Gasteiger charge is 2.13. The van der Waals surface area contributed by atoms with Gasteiger partial charge in [-0.15, -0.1) is 11.3 Å². The number of ketones is 1. The maximum atomic E-state index is 12.7. The number of hydrogen-bond acceptors (Lipinski definition) is 7. The Bertz CT molecular complexity index is 1340. The number of hydrogen-bond donors (Lipinski definition) is 1. The van der Waals surface area contributed by atoms with Gasteiger partial charge in [0.2, 0.25) is 10.0 Å². The fourth-order valence-electron chi connectivity index (χ4n) is 3.15. The van der Waals surface area contributed by atoms with Gasteiger partial charge < -0.3 is 0 Å². The second-order valence-electron chi connectivity index (χ2n) is 7.20. The lowest BCUT2D eigenvalue weighted by Gasteiger charge is -2.05. The Morgan fingerprint density at radius 1 is 1.06 bits per heavy atom. The standard InChI is InChI=1S/C23H21N3O3S3/c1-32(28,29)26-12-11-16-7-9-17(10-8-16)20(27)14-30-22-19-13-21(18-5-3-2-4-6-18)31-23(19)25-15-24-22/h2-10,13,15,26H,11-12,14H2,1H3. The van der Waals surface area contributed by atoms with Gasteiger partial charge in [-0.2, -0.15) is 0 Å². The molecule has 32 heavy (non-hydrogen) atoms. The molecular formula is C23H21N3O3S3. The molecule has 0 aliphatic carbocycles. The lowest BCUT2D eigenvalue weighted by atomic mass is 10.1. The van der Waals surface area contributed by atoms with Crippen molar-refractivity contribution in [3.63, 3.8) is 0 Å². The fraction of sp³-hybridized carbons (Fsp3) is 0.174. The average molecular weight is 484 g/mol. The number of nitrogens with zero attached hydrogens (tertiary/aromatic N) is 2. The van der Waals surface area contributed by atoms with Gasteiger partial charge in [0, 0.05) is 22.4 Å². The zero-order valence-corrected chi connectivity index (χ0v) is 19.8. The van der Waals surface area contributed by atoms with Crippen molar-refractivity contribution >= 4 is 49.1 Å². The summed E-state index contributed by atoms with van der Waals surface area (Å²) in [7, 11) is -3.20. The molecule has 164 valence electrons. The highest BCUT2D eigenvalue weighted by Crippen LogP contribution is 2.36. The van der Waals surface area contributed by atoms with Crippen LogP contribution in [0, 0.1) is 0 Å². The number of rotatable bonds is 9. The Labute approximate surface area is 195 Å². The van der Waals surface area contributed by atoms with Crippen molar-refractivity contribution in [2.45, 2.75) is 11.4 Å². The van der Waals surface area contributed by atoms with Gasteiger partial charge in [0.15, 0.2) is 5.78 Å². The maximum Gasteiger partial charge on any atom is 0.208 e. The summed E-state index contributed by atoms with van der Waals surface area (Å²) in [5.74, 6) is 0.290. The van der Waals surface area contributed by atoms with Crippen LogP contribution in [-0.4, -0.2) is 42.7 Å². The van der Waals surface area contributed by atoms with Crippen LogP contribution >= 0.6 is 23.1 Å². The van der Waals surface area contributed by atoms with E-state index in [9.17, 15) is 13.2 Å². The summed E-state index contributed by atoms with van der Waals surface area (Å²) in [6.45, 7) is 0.331. The van der Waals surface area contributed by atoms with Gasteiger partial charge in [-0.3, -0.25) is 4.79 Å². The molecular weight excluding hydrogens is 462 g/mol. The molecule has 6 nitrogen and oxygen atoms in total. The van der Waals surface area contributed by atoms with Crippen LogP contribution in [0.4, 0.5) is 0 Å². The summed E-state index contributed by atoms with van der Waals surface area (Å²) in [5.41, 5.74) is 2.72. The molecule has 0 atom stereocenters. The number of thiophene rings is 1. The van der Waals surface area contributed by atoms with E-state index in [1.165, 1.54) is 11.8 Å². The molecule has 1 N–H and O–H groups in total. The molecule has 4 rings (SSSR count). The Kier molecular flexibility index (Phi) is 7.00. The Hall–Kier alpha value is -2.59. The Balaban J connectivity index is 1.41. The first-order chi connectivity index (χ1) is 15.4. The van der Waals surface area contributed by atoms with Crippen molar-refractivity contribution in [3.05, 3.63) is 78.1 Å². The van der Waals surface area contributed by atoms with E-state index in [2.05, 4.69) is 32.9 Å². The van der Waals surface area contributed by atoms with Gasteiger partial charge >= 0.3 is 0 Å². The molecule has 0 spiro atoms. The van der Waals surface area contributed by atoms with Crippen LogP contribution in [0.1, 0.15) is 15.9 Å². The van der Waals surface area contributed by atoms with Crippen LogP contribution in [0.15, 0.2) is 72.0 Å². The zero-order valence-electron chi connectivity index (χ0n) is 17.3. The van der Waals surface area contributed by atoms with Crippen molar-refractivity contribution in [1.82, 2.24) is 14.7 Å². The second-order valence-corrected chi connectivity index (χ2v) is 11.0. The van der Waals surface area contributed by atoms with Crippen LogP contribution in [0.2, 0.25) is 0 Å². The minimum atomic E-state index is -3.20. The number of sulfonamides is 1. The van der Waals surface area contributed by atoms with Crippen LogP contribution < -0.4 is 4.72 Å². The van der Waals surface area contributed by atoms with E-state index in [0.29, 0.717) is 18.5 Å². The van der Waals surface area contributed by atoms with Crippen LogP contribution in [-0.2, 0) is 16.4 Å². The van der Waals surface area contributed by atoms with E-state index in [-0.39, 0.29) is 11.5 Å². The van der Waals surface area contributed by atoms with Crippen molar-refractivity contribution in [2.75, 3.05) is 18.6 Å². The molecule has 0 fully saturated rings. The number of carbonyl (C=O) groups is 1. The average Bonchev–Trinajstić information content (AvgIpc) is 3.23. The molecule has 0 unspecified atom stereocenters. The first-order valence-corrected chi connectivity index (χ1v) is 13.6. The molecule has 2 aromatic heterocycles. The number of thioether (sulfide) groups is 1. The number of fused-ring (bicyclic) bond motifs is 1. The van der Waals surface area contributed by atoms with Gasteiger partial charge in [0.25, 0.3) is 0 Å². The zero-order chi connectivity index (χ0) is 22.6. The van der Waals surface area contributed by atoms with Crippen molar-refractivity contribution < 1.29 is 13.2 Å². The van der Waals surface area contributed by atoms with Crippen LogP contribution in [0.5, 0.6) is 0 Å². The molecule has 0 saturated carbocycles. The highest BCUT2D eigenvalue weighted by molar-refractivity contribution is 8.00. The van der Waals surface area contributed by atoms with E-state index in [1.54, 1.807) is 29.8 Å². The summed E-state index contributed by atoms with van der Waals surface area (Å²) < 4.78 is 24.7. The minimum Gasteiger partial charge on any atom is -0.293 e. The predicted molar refractivity (Wildman–Crippen MR) is 131 cm³/mol. The number of nitrogens with one attached hydrogen (secondary N) is 1. The van der Waals surface area contributed by atoms with Crippen LogP contribution in [0.25, 0.3) is 20.7 Å². The fourth-order valence-corrected chi connectivity index (χ4v) is 5.56. The topological polar surface area (TPSA) is 89.0 Å². The highest BCUT2D eigenvalue weighted by atomic mass is 32.2. The molecule has 0 radical (unpaired) electrons. The number of Topliss-reactive ketones (excluding diaryl/α,β-unsaturated/α-hetero) is 1. The van der Waals surface area contributed by atoms with Crippen molar-refractivity contribution in [3.8, 4) is 10.4 Å². The smallest absolute Gasteiger partial charge is 0.208 e. The number of aromatic nitrogens is 2. The Morgan fingerprint density at radius 3 is 2.53 bits per heavy atom. The largest absolute Gasteiger partial charge is 0.293 e. The van der Waals surface area contributed by atoms with Gasteiger partial charge in [-0.25, -0.2) is 23.1 Å². The van der Waals surface area contributed by atoms with Gasteiger partial charge in [-0.1, -0.05) is 66.4 Å². The SMILES string of the molecule is CS(=O)(=O)NCCc1ccc(C(=O)CSc2ncnc3sc(-c4ccccc4)cc23)cc1. The third-order valence-corrected chi connectivity index (χ3v) is 7.57. The normalized spacial score (nSPS) is 11.7. The van der Waals surface area contributed by atoms with E-state index >= 15 is 0 Å². The predicted octanol–water partition coefficient (Wildman–Crippen LogP) is 4.43. The summed E-state index contributed by atoms with van der Waals surface area (Å²) >= 11 is 3.02. The van der Waals surface area contributed by atoms with Gasteiger partial charge in [0.1, 0.15) is 16.2 Å². The number of carbonyl (C=O) groups excluding carboxylic acids is 1. The van der Waals surface area contributed by atoms with Crippen molar-refractivity contribution in [1.29, 1.82) is 0 Å². The van der Waals surface area contributed by atoms with Crippen LogP contribution in [0.3, 0.4) is 0 Å². The number of benzene rings is 2. The first kappa shape index (κ1) is 22.6. The first-order valence-electron chi connectivity index (χ1n) is 9.88. The third kappa shape index (κ3) is 5.80. The summed E-state index contributed by atoms with van der Waals surface area (Å²) in [6, 6.07) is 19.5. The molecule has 4 aromatic rings. The monoisotopic (exact) mass is 483 g/mol. The van der Waals surface area contributed by atoms with E-state index in [0.717, 1.165) is 37.5 Å². The lowest BCUT2D eigenvalue weighted by molar-refractivity contribution is 0.102. The molecule has 0 aliphatic rings. The minimum absolute atomic E-state index is 0.0149. The molecule has 2 aromatic carbocycles. The van der Waals surface area contributed by atoms with E-state index in [4.69, 9.17) is 0 Å². The van der Waals surface area contributed by atoms with Gasteiger partial charge in [-0.05, 0) is 23.6 Å². The quantitative estimate of drug-likeness (QED) is 0.215. The third-order valence-electron chi connectivity index (χ3n) is 4.74. The Morgan fingerprint density at radius 2 is 1.81 bits per heavy atom. The summed E-state index contributed by atoms with van der Waals surface area (Å²) in [6.07, 6.45) is 3.24. The molecule has 9 heteroatoms. The van der Waals surface area contributed by atoms with Gasteiger partial charge in [0.05, 0.1) is 12.0 Å². The molecule has 0 aliphatic heterocycles. The maximum absolute atomic E-state index is 12.7. The molecule has 2 heterocycles. The molecule has 0 saturated heterocycles. The second kappa shape index (κ2) is 9.91. The summed E-state index contributed by atoms with van der Waals surface area (Å²) in [5, 5.41) is 1.76. The molecule has 0 bridgehead atoms. The molecule has 0 amide bonds. The van der Waals surface area contributed by atoms with E-state index in [1.807, 2.05) is 30.3 Å². The lowest BCUT2D eigenvalue weighted by Crippen LogP contribution is -2.24. The summed E-state index contributed by atoms with van der Waals surface area (Å²) in [4.78, 5) is 23.5. The van der Waals surface area contributed by atoms with E-state index < -0.39 is 10.0 Å². The van der Waals surface area contributed by atoms with Crippen molar-refractivity contribution in [2.24, 2.45) is 0 Å².